The van der Waals surface area contributed by atoms with Crippen LogP contribution in [0.5, 0.6) is 0 Å². The van der Waals surface area contributed by atoms with Gasteiger partial charge in [-0.25, -0.2) is 4.98 Å². The number of rotatable bonds is 36. The molecule has 0 aromatic carbocycles. The second-order valence-corrected chi connectivity index (χ2v) is 15.0. The summed E-state index contributed by atoms with van der Waals surface area (Å²) < 4.78 is 2.59. The van der Waals surface area contributed by atoms with Crippen LogP contribution in [0.2, 0.25) is 0 Å². The van der Waals surface area contributed by atoms with Crippen LogP contribution in [0.1, 0.15) is 264 Å². The summed E-state index contributed by atoms with van der Waals surface area (Å²) >= 11 is 0. The van der Waals surface area contributed by atoms with Gasteiger partial charge in [0, 0.05) is 24.4 Å². The Kier molecular flexibility index (Phi) is 31.1. The predicted octanol–water partition coefficient (Wildman–Crippen LogP) is 15.9. The maximum Gasteiger partial charge on any atom is 0.111 e. The fourth-order valence-corrected chi connectivity index (χ4v) is 7.42. The van der Waals surface area contributed by atoms with Gasteiger partial charge in [0.05, 0.1) is 0 Å². The SMILES string of the molecule is CCCCCCCCCCCCCCC(CCCCCCCCC)c1nccn1C(C)CCCCCCCCCCCCCC. The van der Waals surface area contributed by atoms with E-state index in [4.69, 9.17) is 4.98 Å². The van der Waals surface area contributed by atoms with Crippen molar-refractivity contribution in [2.75, 3.05) is 0 Å². The van der Waals surface area contributed by atoms with Gasteiger partial charge in [0.15, 0.2) is 0 Å². The van der Waals surface area contributed by atoms with Crippen LogP contribution in [-0.4, -0.2) is 9.55 Å². The molecule has 2 nitrogen and oxygen atoms in total. The summed E-state index contributed by atoms with van der Waals surface area (Å²) in [7, 11) is 0. The summed E-state index contributed by atoms with van der Waals surface area (Å²) in [5.74, 6) is 2.07. The van der Waals surface area contributed by atoms with Crippen molar-refractivity contribution >= 4 is 0 Å². The van der Waals surface area contributed by atoms with Gasteiger partial charge in [0.25, 0.3) is 0 Å². The second-order valence-electron chi connectivity index (χ2n) is 15.0. The van der Waals surface area contributed by atoms with E-state index in [-0.39, 0.29) is 0 Å². The molecule has 0 aliphatic rings. The van der Waals surface area contributed by atoms with E-state index in [9.17, 15) is 0 Å². The van der Waals surface area contributed by atoms with E-state index in [1.807, 2.05) is 0 Å². The van der Waals surface area contributed by atoms with E-state index in [0.717, 1.165) is 0 Å². The van der Waals surface area contributed by atoms with Gasteiger partial charge < -0.3 is 4.57 Å². The average molecular weight is 629 g/mol. The zero-order chi connectivity index (χ0) is 32.5. The summed E-state index contributed by atoms with van der Waals surface area (Å²) in [6, 6.07) is 0.587. The summed E-state index contributed by atoms with van der Waals surface area (Å²) in [6.07, 6.45) is 52.7. The first-order chi connectivity index (χ1) is 22.2. The Hall–Kier alpha value is -0.790. The lowest BCUT2D eigenvalue weighted by molar-refractivity contribution is 0.412. The molecule has 0 radical (unpaired) electrons. The van der Waals surface area contributed by atoms with E-state index < -0.39 is 0 Å². The van der Waals surface area contributed by atoms with Crippen molar-refractivity contribution in [1.29, 1.82) is 0 Å². The lowest BCUT2D eigenvalue weighted by Crippen LogP contribution is -2.13. The minimum atomic E-state index is 0.587. The lowest BCUT2D eigenvalue weighted by Gasteiger charge is -2.22. The maximum absolute atomic E-state index is 5.02. The molecule has 0 saturated heterocycles. The molecule has 266 valence electrons. The van der Waals surface area contributed by atoms with Gasteiger partial charge in [-0.1, -0.05) is 220 Å². The molecule has 0 amide bonds. The van der Waals surface area contributed by atoms with Gasteiger partial charge >= 0.3 is 0 Å². The molecular formula is C43H84N2. The monoisotopic (exact) mass is 629 g/mol. The number of hydrogen-bond donors (Lipinski definition) is 0. The van der Waals surface area contributed by atoms with Crippen LogP contribution in [-0.2, 0) is 0 Å². The summed E-state index contributed by atoms with van der Waals surface area (Å²) in [5, 5.41) is 0. The van der Waals surface area contributed by atoms with E-state index in [0.29, 0.717) is 12.0 Å². The first kappa shape index (κ1) is 42.2. The lowest BCUT2D eigenvalue weighted by atomic mass is 9.92. The van der Waals surface area contributed by atoms with Gasteiger partial charge in [-0.15, -0.1) is 0 Å². The number of imidazole rings is 1. The van der Waals surface area contributed by atoms with Crippen LogP contribution in [0.4, 0.5) is 0 Å². The largest absolute Gasteiger partial charge is 0.332 e. The third-order valence-corrected chi connectivity index (χ3v) is 10.6. The van der Waals surface area contributed by atoms with E-state index >= 15 is 0 Å². The average Bonchev–Trinajstić information content (AvgIpc) is 3.54. The second kappa shape index (κ2) is 33.1. The molecule has 0 N–H and O–H groups in total. The van der Waals surface area contributed by atoms with Crippen LogP contribution in [0.3, 0.4) is 0 Å². The molecule has 1 rings (SSSR count). The molecule has 0 spiro atoms. The molecule has 2 atom stereocenters. The van der Waals surface area contributed by atoms with Crippen LogP contribution < -0.4 is 0 Å². The Morgan fingerprint density at radius 1 is 0.422 bits per heavy atom. The minimum Gasteiger partial charge on any atom is -0.332 e. The Labute approximate surface area is 285 Å². The first-order valence-corrected chi connectivity index (χ1v) is 21.3. The van der Waals surface area contributed by atoms with Crippen molar-refractivity contribution in [3.8, 4) is 0 Å². The van der Waals surface area contributed by atoms with Crippen molar-refractivity contribution in [3.63, 3.8) is 0 Å². The molecule has 1 heterocycles. The van der Waals surface area contributed by atoms with Crippen LogP contribution in [0.15, 0.2) is 12.4 Å². The van der Waals surface area contributed by atoms with E-state index in [2.05, 4.69) is 44.7 Å². The number of aromatic nitrogens is 2. The Bertz CT molecular complexity index is 694. The highest BCUT2D eigenvalue weighted by molar-refractivity contribution is 5.02. The summed E-state index contributed by atoms with van der Waals surface area (Å²) in [5.41, 5.74) is 0. The maximum atomic E-state index is 5.02. The summed E-state index contributed by atoms with van der Waals surface area (Å²) in [4.78, 5) is 5.02. The highest BCUT2D eigenvalue weighted by Gasteiger charge is 2.19. The number of hydrogen-bond acceptors (Lipinski definition) is 1. The molecule has 0 aliphatic heterocycles. The van der Waals surface area contributed by atoms with E-state index in [1.165, 1.54) is 224 Å². The fraction of sp³-hybridized carbons (Fsp3) is 0.930. The molecule has 0 saturated carbocycles. The molecule has 2 heteroatoms. The Morgan fingerprint density at radius 2 is 0.711 bits per heavy atom. The molecule has 0 fully saturated rings. The van der Waals surface area contributed by atoms with E-state index in [1.54, 1.807) is 0 Å². The molecule has 1 aromatic rings. The van der Waals surface area contributed by atoms with Gasteiger partial charge in [0.1, 0.15) is 5.82 Å². The Morgan fingerprint density at radius 3 is 1.04 bits per heavy atom. The highest BCUT2D eigenvalue weighted by atomic mass is 15.1. The number of unbranched alkanes of at least 4 members (excludes halogenated alkanes) is 28. The molecule has 45 heavy (non-hydrogen) atoms. The number of nitrogens with zero attached hydrogens (tertiary/aromatic N) is 2. The topological polar surface area (TPSA) is 17.8 Å². The third-order valence-electron chi connectivity index (χ3n) is 10.6. The zero-order valence-electron chi connectivity index (χ0n) is 31.7. The fourth-order valence-electron chi connectivity index (χ4n) is 7.42. The van der Waals surface area contributed by atoms with Crippen LogP contribution in [0.25, 0.3) is 0 Å². The Balaban J connectivity index is 2.36. The van der Waals surface area contributed by atoms with Gasteiger partial charge in [-0.05, 0) is 26.2 Å². The predicted molar refractivity (Wildman–Crippen MR) is 204 cm³/mol. The van der Waals surface area contributed by atoms with Crippen LogP contribution in [0, 0.1) is 0 Å². The van der Waals surface area contributed by atoms with Gasteiger partial charge in [-0.2, -0.15) is 0 Å². The first-order valence-electron chi connectivity index (χ1n) is 21.3. The molecular weight excluding hydrogens is 544 g/mol. The third kappa shape index (κ3) is 25.0. The van der Waals surface area contributed by atoms with Crippen LogP contribution >= 0.6 is 0 Å². The molecule has 0 bridgehead atoms. The van der Waals surface area contributed by atoms with Crippen molar-refractivity contribution in [2.45, 2.75) is 258 Å². The minimum absolute atomic E-state index is 0.587. The van der Waals surface area contributed by atoms with Gasteiger partial charge in [-0.3, -0.25) is 0 Å². The standard InChI is InChI=1S/C43H84N2/c1-5-8-11-14-17-19-21-23-25-28-30-33-36-41(4)45-40-39-44-43(45)42(37-34-31-27-16-13-10-7-3)38-35-32-29-26-24-22-20-18-15-12-9-6-2/h39-42H,5-38H2,1-4H3. The normalized spacial score (nSPS) is 13.1. The zero-order valence-corrected chi connectivity index (χ0v) is 31.7. The summed E-state index contributed by atoms with van der Waals surface area (Å²) in [6.45, 7) is 9.40. The molecule has 2 unspecified atom stereocenters. The van der Waals surface area contributed by atoms with Crippen molar-refractivity contribution in [2.24, 2.45) is 0 Å². The smallest absolute Gasteiger partial charge is 0.111 e. The van der Waals surface area contributed by atoms with Crippen molar-refractivity contribution in [3.05, 3.63) is 18.2 Å². The quantitative estimate of drug-likeness (QED) is 0.0676. The molecule has 0 aliphatic carbocycles. The van der Waals surface area contributed by atoms with Gasteiger partial charge in [0.2, 0.25) is 0 Å². The molecule has 1 aromatic heterocycles. The van der Waals surface area contributed by atoms with Crippen molar-refractivity contribution in [1.82, 2.24) is 9.55 Å². The highest BCUT2D eigenvalue weighted by Crippen LogP contribution is 2.31. The van der Waals surface area contributed by atoms with Crippen molar-refractivity contribution < 1.29 is 0 Å².